The fraction of sp³-hybridized carbons (Fsp3) is 0.705. The number of rotatable bonds is 93. The van der Waals surface area contributed by atoms with Crippen molar-refractivity contribution in [2.45, 2.75) is 437 Å². The highest BCUT2D eigenvalue weighted by Gasteiger charge is 2.30. The maximum atomic E-state index is 13.1. The van der Waals surface area contributed by atoms with Crippen LogP contribution in [-0.2, 0) is 55.8 Å². The average Bonchev–Trinajstić information content (AvgIpc) is 0.890. The Bertz CT molecular complexity index is 2920. The van der Waals surface area contributed by atoms with Crippen LogP contribution in [0.2, 0.25) is 0 Å². The molecule has 0 saturated carbocycles. The van der Waals surface area contributed by atoms with Gasteiger partial charge in [0, 0.05) is 19.3 Å². The molecule has 0 aromatic carbocycles. The molecule has 0 rings (SSSR count). The largest absolute Gasteiger partial charge is 0.472 e. The molecule has 706 valence electrons. The predicted octanol–water partition coefficient (Wildman–Crippen LogP) is 31.0. The van der Waals surface area contributed by atoms with Crippen LogP contribution in [0.5, 0.6) is 0 Å². The number of carbonyl (C=O) groups excluding carboxylic acids is 3. The van der Waals surface area contributed by atoms with Crippen molar-refractivity contribution in [2.24, 2.45) is 0 Å². The van der Waals surface area contributed by atoms with E-state index in [1.807, 2.05) is 0 Å². The van der Waals surface area contributed by atoms with E-state index in [-0.39, 0.29) is 19.3 Å². The molecular weight excluding hydrogens is 1580 g/mol. The number of hydrogen-bond donors (Lipinski definition) is 4. The fourth-order valence-corrected chi connectivity index (χ4v) is 15.0. The molecule has 0 amide bonds. The van der Waals surface area contributed by atoms with E-state index >= 15 is 0 Å². The van der Waals surface area contributed by atoms with Gasteiger partial charge in [0.2, 0.25) is 0 Å². The molecule has 0 heterocycles. The van der Waals surface area contributed by atoms with Crippen molar-refractivity contribution in [3.8, 4) is 0 Å². The summed E-state index contributed by atoms with van der Waals surface area (Å²) in [7, 11) is -9.82. The van der Waals surface area contributed by atoms with E-state index in [0.29, 0.717) is 19.3 Å². The molecule has 0 bridgehead atoms. The van der Waals surface area contributed by atoms with Crippen LogP contribution in [0.25, 0.3) is 0 Å². The van der Waals surface area contributed by atoms with Gasteiger partial charge < -0.3 is 34.2 Å². The first-order valence-electron chi connectivity index (χ1n) is 49.4. The summed E-state index contributed by atoms with van der Waals surface area (Å²) in [5.74, 6) is -1.58. The minimum atomic E-state index is -4.95. The summed E-state index contributed by atoms with van der Waals surface area (Å²) in [6.45, 7) is 2.56. The number of phosphoric ester groups is 2. The SMILES string of the molecule is CC/C=C\C/C=C\C/C=C\C/C=C\C/C=C\C/C=C\CCCCCCCCCCCCCCCCCCC(=O)OCC(O)COP(=O)(O)OCC(O)COP(=O)(O)OCC(COC(=O)CCCCCCCCCCCCCCC/C=C\C/C=C\C/C=C\C/C=C\CCCCC)OC(=O)CCCCCCCCC/C=C\C/C=C\C/C=C\C/C=C\CCCCC. The Morgan fingerprint density at radius 2 is 0.431 bits per heavy atom. The van der Waals surface area contributed by atoms with Crippen LogP contribution < -0.4 is 0 Å². The second-order valence-corrected chi connectivity index (χ2v) is 35.7. The van der Waals surface area contributed by atoms with Crippen LogP contribution >= 0.6 is 15.6 Å². The standard InChI is InChI=1S/C105H180O16P2/c1-4-7-10-13-16-19-22-25-28-31-34-37-40-42-44-46-47-48-49-50-51-53-55-56-59-61-64-67-70-73-76-79-82-85-88-91-103(108)115-94-100(106)95-117-122(111,112)118-96-101(107)97-119-123(113,114)120-99-102(121-105(110)93-90-87-84-81-78-75-72-69-66-63-58-39-36-33-30-27-24-21-18-15-12-9-6-3)98-116-104(109)92-89-86-83-80-77-74-71-68-65-62-60-57-54-52-45-43-41-38-35-32-29-26-23-20-17-14-11-8-5-2/h7,10,16-21,25-30,34-39,42-45,47-48,63,66,100-102,106-107H,4-6,8-9,11-15,22-24,31-33,40-41,46,49-62,64-65,67-99H2,1-3H3,(H,111,112)(H,113,114)/b10-7-,19-16-,20-17-,21-18-,28-25-,29-26-,30-27-,37-34-,38-35-,39-36-,44-42-,45-43-,48-47-,66-63-. The molecule has 16 nitrogen and oxygen atoms in total. The summed E-state index contributed by atoms with van der Waals surface area (Å²) in [5, 5.41) is 20.8. The number of phosphoric acid groups is 2. The van der Waals surface area contributed by atoms with E-state index in [9.17, 15) is 43.5 Å². The molecule has 18 heteroatoms. The topological polar surface area (TPSA) is 231 Å². The van der Waals surface area contributed by atoms with Crippen molar-refractivity contribution >= 4 is 33.6 Å². The summed E-state index contributed by atoms with van der Waals surface area (Å²) in [6, 6.07) is 0. The number of unbranched alkanes of at least 4 members (excludes halogenated alkanes) is 42. The number of ether oxygens (including phenoxy) is 3. The summed E-state index contributed by atoms with van der Waals surface area (Å²) < 4.78 is 61.6. The lowest BCUT2D eigenvalue weighted by atomic mass is 10.0. The molecule has 0 fully saturated rings. The van der Waals surface area contributed by atoms with E-state index in [4.69, 9.17) is 32.3 Å². The minimum Gasteiger partial charge on any atom is -0.463 e. The smallest absolute Gasteiger partial charge is 0.463 e. The van der Waals surface area contributed by atoms with Gasteiger partial charge in [0.05, 0.1) is 26.4 Å². The second kappa shape index (κ2) is 96.0. The zero-order chi connectivity index (χ0) is 89.3. The van der Waals surface area contributed by atoms with Gasteiger partial charge in [0.25, 0.3) is 0 Å². The number of hydrogen-bond acceptors (Lipinski definition) is 14. The maximum absolute atomic E-state index is 13.1. The Kier molecular flexibility index (Phi) is 92.0. The van der Waals surface area contributed by atoms with Crippen molar-refractivity contribution in [2.75, 3.05) is 39.6 Å². The minimum absolute atomic E-state index is 0.0893. The highest BCUT2D eigenvalue weighted by Crippen LogP contribution is 2.45. The van der Waals surface area contributed by atoms with Crippen molar-refractivity contribution in [3.05, 3.63) is 170 Å². The third kappa shape index (κ3) is 97.4. The van der Waals surface area contributed by atoms with Gasteiger partial charge in [0.15, 0.2) is 6.10 Å². The molecule has 0 saturated heterocycles. The zero-order valence-electron chi connectivity index (χ0n) is 78.1. The summed E-state index contributed by atoms with van der Waals surface area (Å²) in [4.78, 5) is 59.1. The second-order valence-electron chi connectivity index (χ2n) is 32.8. The summed E-state index contributed by atoms with van der Waals surface area (Å²) in [6.07, 6.45) is 125. The van der Waals surface area contributed by atoms with E-state index in [1.54, 1.807) is 0 Å². The number of aliphatic hydroxyl groups is 2. The highest BCUT2D eigenvalue weighted by atomic mass is 31.2. The molecule has 5 unspecified atom stereocenters. The lowest BCUT2D eigenvalue weighted by molar-refractivity contribution is -0.161. The van der Waals surface area contributed by atoms with Gasteiger partial charge in [-0.1, -0.05) is 409 Å². The molecular formula is C105H180O16P2. The molecule has 4 N–H and O–H groups in total. The van der Waals surface area contributed by atoms with Gasteiger partial charge >= 0.3 is 33.6 Å². The molecule has 123 heavy (non-hydrogen) atoms. The number of aliphatic hydroxyl groups excluding tert-OH is 2. The molecule has 0 aliphatic carbocycles. The first-order valence-corrected chi connectivity index (χ1v) is 52.4. The van der Waals surface area contributed by atoms with E-state index < -0.39 is 91.5 Å². The number of esters is 3. The molecule has 0 aliphatic heterocycles. The van der Waals surface area contributed by atoms with Crippen LogP contribution in [0.15, 0.2) is 170 Å². The maximum Gasteiger partial charge on any atom is 0.472 e. The van der Waals surface area contributed by atoms with Gasteiger partial charge in [-0.05, 0) is 161 Å². The Morgan fingerprint density at radius 1 is 0.236 bits per heavy atom. The molecule has 0 spiro atoms. The molecule has 0 radical (unpaired) electrons. The predicted molar refractivity (Wildman–Crippen MR) is 519 cm³/mol. The van der Waals surface area contributed by atoms with Crippen LogP contribution in [0, 0.1) is 0 Å². The van der Waals surface area contributed by atoms with Gasteiger partial charge in [-0.15, -0.1) is 0 Å². The van der Waals surface area contributed by atoms with Gasteiger partial charge in [-0.3, -0.25) is 32.5 Å². The molecule has 0 aliphatic rings. The fourth-order valence-electron chi connectivity index (χ4n) is 13.4. The number of carbonyl (C=O) groups is 3. The molecule has 5 atom stereocenters. The quantitative estimate of drug-likeness (QED) is 0.0146. The third-order valence-corrected chi connectivity index (χ3v) is 22.8. The van der Waals surface area contributed by atoms with Gasteiger partial charge in [-0.2, -0.15) is 0 Å². The summed E-state index contributed by atoms with van der Waals surface area (Å²) in [5.41, 5.74) is 0. The van der Waals surface area contributed by atoms with Crippen LogP contribution in [0.1, 0.15) is 419 Å². The normalized spacial score (nSPS) is 14.4. The Hall–Kier alpha value is -5.09. The lowest BCUT2D eigenvalue weighted by Gasteiger charge is -2.21. The Balaban J connectivity index is 4.57. The third-order valence-electron chi connectivity index (χ3n) is 20.9. The van der Waals surface area contributed by atoms with Crippen molar-refractivity contribution in [3.63, 3.8) is 0 Å². The highest BCUT2D eigenvalue weighted by molar-refractivity contribution is 7.47. The molecule has 0 aromatic rings. The van der Waals surface area contributed by atoms with E-state index in [2.05, 4.69) is 191 Å². The van der Waals surface area contributed by atoms with Crippen LogP contribution in [-0.4, -0.2) is 95.9 Å². The Labute approximate surface area is 752 Å². The lowest BCUT2D eigenvalue weighted by Crippen LogP contribution is -2.30. The Morgan fingerprint density at radius 3 is 0.683 bits per heavy atom. The van der Waals surface area contributed by atoms with Crippen molar-refractivity contribution in [1.82, 2.24) is 0 Å². The molecule has 0 aromatic heterocycles. The summed E-state index contributed by atoms with van der Waals surface area (Å²) >= 11 is 0. The van der Waals surface area contributed by atoms with Crippen LogP contribution in [0.3, 0.4) is 0 Å². The first kappa shape index (κ1) is 118. The monoisotopic (exact) mass is 1760 g/mol. The first-order chi connectivity index (χ1) is 60.2. The van der Waals surface area contributed by atoms with E-state index in [1.165, 1.54) is 186 Å². The van der Waals surface area contributed by atoms with Crippen molar-refractivity contribution in [1.29, 1.82) is 0 Å². The number of allylic oxidation sites excluding steroid dienone is 28. The zero-order valence-corrected chi connectivity index (χ0v) is 79.9. The average molecular weight is 1760 g/mol. The van der Waals surface area contributed by atoms with Gasteiger partial charge in [-0.25, -0.2) is 9.13 Å². The van der Waals surface area contributed by atoms with E-state index in [0.717, 1.165) is 173 Å². The van der Waals surface area contributed by atoms with Crippen molar-refractivity contribution < 1.29 is 75.8 Å². The van der Waals surface area contributed by atoms with Gasteiger partial charge in [0.1, 0.15) is 25.4 Å². The van der Waals surface area contributed by atoms with Crippen LogP contribution in [0.4, 0.5) is 0 Å².